The smallest absolute Gasteiger partial charge is 0.266 e. The van der Waals surface area contributed by atoms with Crippen LogP contribution in [0.1, 0.15) is 25.0 Å². The van der Waals surface area contributed by atoms with Gasteiger partial charge in [-0.2, -0.15) is 0 Å². The molecule has 1 heterocycles. The Labute approximate surface area is 191 Å². The number of thioether (sulfide) groups is 1. The fourth-order valence-electron chi connectivity index (χ4n) is 3.58. The van der Waals surface area contributed by atoms with E-state index in [1.807, 2.05) is 66.7 Å². The van der Waals surface area contributed by atoms with Crippen molar-refractivity contribution >= 4 is 34.3 Å². The van der Waals surface area contributed by atoms with Gasteiger partial charge < -0.3 is 5.32 Å². The number of para-hydroxylation sites is 2. The van der Waals surface area contributed by atoms with E-state index in [4.69, 9.17) is 4.98 Å². The van der Waals surface area contributed by atoms with Crippen LogP contribution in [0, 0.1) is 0 Å². The summed E-state index contributed by atoms with van der Waals surface area (Å²) in [6.07, 6.45) is 1.76. The molecule has 5 nitrogen and oxygen atoms in total. The van der Waals surface area contributed by atoms with Crippen LogP contribution in [0.2, 0.25) is 0 Å². The van der Waals surface area contributed by atoms with E-state index in [1.54, 1.807) is 10.6 Å². The van der Waals surface area contributed by atoms with Crippen molar-refractivity contribution in [2.45, 2.75) is 31.8 Å². The minimum Gasteiger partial charge on any atom is -0.325 e. The molecule has 1 aromatic heterocycles. The van der Waals surface area contributed by atoms with E-state index in [-0.39, 0.29) is 17.2 Å². The molecule has 6 heteroatoms. The molecule has 0 radical (unpaired) electrons. The maximum Gasteiger partial charge on any atom is 0.266 e. The molecule has 1 amide bonds. The highest BCUT2D eigenvalue weighted by Gasteiger charge is 2.15. The number of aryl methyl sites for hydroxylation is 2. The van der Waals surface area contributed by atoms with Gasteiger partial charge in [-0.15, -0.1) is 0 Å². The first-order valence-corrected chi connectivity index (χ1v) is 11.7. The van der Waals surface area contributed by atoms with Crippen molar-refractivity contribution in [1.82, 2.24) is 9.55 Å². The number of nitrogens with one attached hydrogen (secondary N) is 1. The van der Waals surface area contributed by atoms with E-state index < -0.39 is 0 Å². The third kappa shape index (κ3) is 4.60. The second-order valence-electron chi connectivity index (χ2n) is 7.42. The lowest BCUT2D eigenvalue weighted by molar-refractivity contribution is -0.113. The Hall–Kier alpha value is -3.38. The monoisotopic (exact) mass is 443 g/mol. The molecule has 0 aliphatic rings. The van der Waals surface area contributed by atoms with E-state index >= 15 is 0 Å². The van der Waals surface area contributed by atoms with E-state index in [1.165, 1.54) is 17.3 Å². The van der Waals surface area contributed by atoms with Gasteiger partial charge in [0.1, 0.15) is 0 Å². The molecule has 4 aromatic rings. The zero-order valence-electron chi connectivity index (χ0n) is 18.2. The van der Waals surface area contributed by atoms with Crippen molar-refractivity contribution in [3.05, 3.63) is 94.3 Å². The highest BCUT2D eigenvalue weighted by molar-refractivity contribution is 7.99. The molecule has 0 unspecified atom stereocenters. The van der Waals surface area contributed by atoms with Crippen molar-refractivity contribution in [1.29, 1.82) is 0 Å². The molecule has 0 aliphatic carbocycles. The number of carbonyl (C=O) groups is 1. The van der Waals surface area contributed by atoms with Crippen LogP contribution in [0.25, 0.3) is 16.6 Å². The molecule has 0 saturated heterocycles. The van der Waals surface area contributed by atoms with Crippen molar-refractivity contribution in [2.24, 2.45) is 0 Å². The lowest BCUT2D eigenvalue weighted by atomic mass is 10.1. The number of benzene rings is 3. The number of hydrogen-bond donors (Lipinski definition) is 1. The molecule has 0 aliphatic heterocycles. The Balaban J connectivity index is 1.66. The number of carbonyl (C=O) groups excluding carboxylic acids is 1. The van der Waals surface area contributed by atoms with Gasteiger partial charge >= 0.3 is 0 Å². The lowest BCUT2D eigenvalue weighted by Gasteiger charge is -2.14. The summed E-state index contributed by atoms with van der Waals surface area (Å²) in [6, 6.07) is 23.0. The molecule has 0 fully saturated rings. The van der Waals surface area contributed by atoms with E-state index in [2.05, 4.69) is 19.2 Å². The maximum absolute atomic E-state index is 13.3. The quantitative estimate of drug-likeness (QED) is 0.313. The summed E-state index contributed by atoms with van der Waals surface area (Å²) in [5.74, 6) is 0.0155. The molecule has 0 saturated carbocycles. The van der Waals surface area contributed by atoms with Gasteiger partial charge in [-0.3, -0.25) is 14.2 Å². The number of amides is 1. The van der Waals surface area contributed by atoms with Gasteiger partial charge in [0.05, 0.1) is 22.3 Å². The summed E-state index contributed by atoms with van der Waals surface area (Å²) in [4.78, 5) is 30.7. The van der Waals surface area contributed by atoms with Crippen LogP contribution >= 0.6 is 11.8 Å². The number of fused-ring (bicyclic) bond motifs is 1. The zero-order valence-corrected chi connectivity index (χ0v) is 19.0. The molecule has 32 heavy (non-hydrogen) atoms. The largest absolute Gasteiger partial charge is 0.325 e. The number of anilines is 1. The van der Waals surface area contributed by atoms with Gasteiger partial charge in [-0.1, -0.05) is 68.1 Å². The highest BCUT2D eigenvalue weighted by Crippen LogP contribution is 2.23. The summed E-state index contributed by atoms with van der Waals surface area (Å²) in [5, 5.41) is 4.03. The Morgan fingerprint density at radius 1 is 0.938 bits per heavy atom. The zero-order chi connectivity index (χ0) is 22.5. The first-order chi connectivity index (χ1) is 15.6. The summed E-state index contributed by atoms with van der Waals surface area (Å²) in [5.41, 5.74) is 4.32. The van der Waals surface area contributed by atoms with Crippen LogP contribution in [0.3, 0.4) is 0 Å². The second-order valence-corrected chi connectivity index (χ2v) is 8.36. The normalized spacial score (nSPS) is 10.9. The van der Waals surface area contributed by atoms with Crippen LogP contribution in [0.5, 0.6) is 0 Å². The van der Waals surface area contributed by atoms with Crippen LogP contribution in [-0.2, 0) is 17.6 Å². The first-order valence-electron chi connectivity index (χ1n) is 10.7. The first kappa shape index (κ1) is 21.8. The van der Waals surface area contributed by atoms with E-state index in [9.17, 15) is 9.59 Å². The van der Waals surface area contributed by atoms with Crippen LogP contribution < -0.4 is 10.9 Å². The lowest BCUT2D eigenvalue weighted by Crippen LogP contribution is -2.23. The van der Waals surface area contributed by atoms with Gasteiger partial charge in [0.2, 0.25) is 5.91 Å². The van der Waals surface area contributed by atoms with Gasteiger partial charge in [-0.25, -0.2) is 4.98 Å². The second kappa shape index (κ2) is 9.83. The summed E-state index contributed by atoms with van der Waals surface area (Å²) in [7, 11) is 0. The molecule has 162 valence electrons. The Morgan fingerprint density at radius 2 is 1.66 bits per heavy atom. The number of aromatic nitrogens is 2. The Bertz CT molecular complexity index is 1310. The molecule has 0 atom stereocenters. The highest BCUT2D eigenvalue weighted by atomic mass is 32.2. The standard InChI is InChI=1S/C26H25N3O2S/c1-3-18-13-15-20(16-14-18)29-25(31)21-10-6-8-12-23(21)28-26(29)32-17-24(30)27-22-11-7-5-9-19(22)4-2/h5-16H,3-4,17H2,1-2H3,(H,27,30). The third-order valence-corrected chi connectivity index (χ3v) is 6.29. The molecular weight excluding hydrogens is 418 g/mol. The van der Waals surface area contributed by atoms with Gasteiger partial charge in [0.25, 0.3) is 5.56 Å². The summed E-state index contributed by atoms with van der Waals surface area (Å²) < 4.78 is 1.60. The van der Waals surface area contributed by atoms with Crippen molar-refractivity contribution < 1.29 is 4.79 Å². The minimum atomic E-state index is -0.140. The maximum atomic E-state index is 13.3. The van der Waals surface area contributed by atoms with Gasteiger partial charge in [0, 0.05) is 5.69 Å². The van der Waals surface area contributed by atoms with Gasteiger partial charge in [0.15, 0.2) is 5.16 Å². The van der Waals surface area contributed by atoms with E-state index in [0.29, 0.717) is 16.1 Å². The van der Waals surface area contributed by atoms with Crippen LogP contribution in [-0.4, -0.2) is 21.2 Å². The number of hydrogen-bond acceptors (Lipinski definition) is 4. The summed E-state index contributed by atoms with van der Waals surface area (Å²) in [6.45, 7) is 4.15. The third-order valence-electron chi connectivity index (χ3n) is 5.35. The molecule has 0 spiro atoms. The number of nitrogens with zero attached hydrogens (tertiary/aromatic N) is 2. The SMILES string of the molecule is CCc1ccc(-n2c(SCC(=O)Nc3ccccc3CC)nc3ccccc3c2=O)cc1. The molecule has 1 N–H and O–H groups in total. The molecular formula is C26H25N3O2S. The number of rotatable bonds is 7. The van der Waals surface area contributed by atoms with Crippen molar-refractivity contribution in [2.75, 3.05) is 11.1 Å². The van der Waals surface area contributed by atoms with E-state index in [0.717, 1.165) is 29.8 Å². The molecule has 4 rings (SSSR count). The average molecular weight is 444 g/mol. The van der Waals surface area contributed by atoms with Crippen LogP contribution in [0.4, 0.5) is 5.69 Å². The molecule has 3 aromatic carbocycles. The predicted octanol–water partition coefficient (Wildman–Crippen LogP) is 5.24. The predicted molar refractivity (Wildman–Crippen MR) is 132 cm³/mol. The minimum absolute atomic E-state index is 0.133. The Kier molecular flexibility index (Phi) is 6.71. The fourth-order valence-corrected chi connectivity index (χ4v) is 4.40. The summed E-state index contributed by atoms with van der Waals surface area (Å²) >= 11 is 1.26. The Morgan fingerprint density at radius 3 is 2.41 bits per heavy atom. The van der Waals surface area contributed by atoms with Crippen molar-refractivity contribution in [3.63, 3.8) is 0 Å². The topological polar surface area (TPSA) is 64.0 Å². The van der Waals surface area contributed by atoms with Crippen LogP contribution in [0.15, 0.2) is 82.7 Å². The average Bonchev–Trinajstić information content (AvgIpc) is 2.83. The van der Waals surface area contributed by atoms with Crippen molar-refractivity contribution in [3.8, 4) is 5.69 Å². The fraction of sp³-hybridized carbons (Fsp3) is 0.192. The molecule has 0 bridgehead atoms. The van der Waals surface area contributed by atoms with Gasteiger partial charge in [-0.05, 0) is 54.3 Å².